The van der Waals surface area contributed by atoms with Crippen LogP contribution in [0.5, 0.6) is 0 Å². The van der Waals surface area contributed by atoms with Crippen molar-refractivity contribution in [1.29, 1.82) is 0 Å². The Morgan fingerprint density at radius 1 is 1.23 bits per heavy atom. The maximum atomic E-state index is 12.6. The summed E-state index contributed by atoms with van der Waals surface area (Å²) in [5, 5.41) is 6.87. The Morgan fingerprint density at radius 2 is 2.00 bits per heavy atom. The summed E-state index contributed by atoms with van der Waals surface area (Å²) in [6.45, 7) is 7.49. The minimum absolute atomic E-state index is 0.280. The number of nitrogens with one attached hydrogen (secondary N) is 2. The van der Waals surface area contributed by atoms with E-state index < -0.39 is 0 Å². The number of guanidine groups is 1. The number of amides is 1. The summed E-state index contributed by atoms with van der Waals surface area (Å²) in [7, 11) is 0. The van der Waals surface area contributed by atoms with Gasteiger partial charge in [0.05, 0.1) is 6.54 Å². The first-order valence-electron chi connectivity index (χ1n) is 10.1. The maximum Gasteiger partial charge on any atom is 0.225 e. The molecule has 1 aliphatic heterocycles. The lowest BCUT2D eigenvalue weighted by molar-refractivity contribution is -0.134. The molecule has 5 nitrogen and oxygen atoms in total. The lowest BCUT2D eigenvalue weighted by atomic mass is 10.1. The molecule has 6 heteroatoms. The summed E-state index contributed by atoms with van der Waals surface area (Å²) in [6, 6.07) is 4.67. The molecule has 1 unspecified atom stereocenters. The first-order chi connectivity index (χ1) is 12.7. The Balaban J connectivity index is 1.52. The molecule has 1 saturated carbocycles. The van der Waals surface area contributed by atoms with Gasteiger partial charge in [-0.15, -0.1) is 11.3 Å². The fourth-order valence-electron chi connectivity index (χ4n) is 3.88. The van der Waals surface area contributed by atoms with E-state index in [0.717, 1.165) is 51.3 Å². The van der Waals surface area contributed by atoms with Crippen molar-refractivity contribution in [1.82, 2.24) is 15.5 Å². The van der Waals surface area contributed by atoms with Crippen LogP contribution in [0.3, 0.4) is 0 Å². The van der Waals surface area contributed by atoms with E-state index in [9.17, 15) is 4.79 Å². The van der Waals surface area contributed by atoms with Crippen molar-refractivity contribution >= 4 is 23.2 Å². The SMILES string of the molecule is CCNC(=NCc1ccc(CC)s1)NC1CCN(C(=O)C2CCCC2)C1. The minimum Gasteiger partial charge on any atom is -0.357 e. The lowest BCUT2D eigenvalue weighted by Gasteiger charge is -2.21. The molecule has 144 valence electrons. The molecule has 1 aromatic heterocycles. The summed E-state index contributed by atoms with van der Waals surface area (Å²) in [6.07, 6.45) is 6.68. The normalized spacial score (nSPS) is 21.4. The number of thiophene rings is 1. The minimum atomic E-state index is 0.280. The molecule has 2 fully saturated rings. The molecule has 0 bridgehead atoms. The molecule has 0 spiro atoms. The quantitative estimate of drug-likeness (QED) is 0.592. The molecule has 1 amide bonds. The summed E-state index contributed by atoms with van der Waals surface area (Å²) in [4.78, 5) is 22.1. The molecule has 0 aromatic carbocycles. The third kappa shape index (κ3) is 5.00. The van der Waals surface area contributed by atoms with Gasteiger partial charge in [-0.1, -0.05) is 19.8 Å². The van der Waals surface area contributed by atoms with Gasteiger partial charge in [-0.25, -0.2) is 4.99 Å². The van der Waals surface area contributed by atoms with Gasteiger partial charge in [0.1, 0.15) is 0 Å². The van der Waals surface area contributed by atoms with Crippen LogP contribution in [0.4, 0.5) is 0 Å². The number of rotatable bonds is 6. The summed E-state index contributed by atoms with van der Waals surface area (Å²) >= 11 is 1.84. The molecule has 1 atom stereocenters. The Kier molecular flexibility index (Phi) is 6.94. The highest BCUT2D eigenvalue weighted by Crippen LogP contribution is 2.27. The zero-order chi connectivity index (χ0) is 18.4. The molecule has 0 radical (unpaired) electrons. The lowest BCUT2D eigenvalue weighted by Crippen LogP contribution is -2.45. The molecule has 1 aliphatic carbocycles. The average Bonchev–Trinajstić information content (AvgIpc) is 3.40. The standard InChI is InChI=1S/C20H32N4OS/c1-3-17-9-10-18(26-17)13-22-20(21-4-2)23-16-11-12-24(14-16)19(25)15-7-5-6-8-15/h9-10,15-16H,3-8,11-14H2,1-2H3,(H2,21,22,23). The number of hydrogen-bond donors (Lipinski definition) is 2. The van der Waals surface area contributed by atoms with E-state index in [2.05, 4.69) is 41.5 Å². The van der Waals surface area contributed by atoms with Gasteiger partial charge >= 0.3 is 0 Å². The van der Waals surface area contributed by atoms with E-state index in [1.807, 2.05) is 11.3 Å². The van der Waals surface area contributed by atoms with Crippen molar-refractivity contribution in [2.75, 3.05) is 19.6 Å². The van der Waals surface area contributed by atoms with E-state index in [1.54, 1.807) is 0 Å². The predicted octanol–water partition coefficient (Wildman–Crippen LogP) is 3.16. The van der Waals surface area contributed by atoms with Gasteiger partial charge in [0.2, 0.25) is 5.91 Å². The fraction of sp³-hybridized carbons (Fsp3) is 0.700. The van der Waals surface area contributed by atoms with Crippen LogP contribution in [0, 0.1) is 5.92 Å². The van der Waals surface area contributed by atoms with Crippen molar-refractivity contribution in [2.24, 2.45) is 10.9 Å². The number of aliphatic imine (C=N–C) groups is 1. The van der Waals surface area contributed by atoms with Crippen LogP contribution < -0.4 is 10.6 Å². The third-order valence-corrected chi connectivity index (χ3v) is 6.56. The van der Waals surface area contributed by atoms with Gasteiger partial charge in [0.25, 0.3) is 0 Å². The van der Waals surface area contributed by atoms with Crippen LogP contribution in [0.25, 0.3) is 0 Å². The van der Waals surface area contributed by atoms with Crippen LogP contribution in [0.1, 0.15) is 55.7 Å². The van der Waals surface area contributed by atoms with Crippen molar-refractivity contribution in [2.45, 2.75) is 65.0 Å². The second kappa shape index (κ2) is 9.40. The second-order valence-electron chi connectivity index (χ2n) is 7.31. The van der Waals surface area contributed by atoms with Gasteiger partial charge in [-0.3, -0.25) is 4.79 Å². The van der Waals surface area contributed by atoms with Gasteiger partial charge in [-0.05, 0) is 44.7 Å². The summed E-state index contributed by atoms with van der Waals surface area (Å²) < 4.78 is 0. The highest BCUT2D eigenvalue weighted by molar-refractivity contribution is 7.11. The highest BCUT2D eigenvalue weighted by Gasteiger charge is 2.32. The number of hydrogen-bond acceptors (Lipinski definition) is 3. The van der Waals surface area contributed by atoms with E-state index in [4.69, 9.17) is 4.99 Å². The molecule has 2 aliphatic rings. The number of likely N-dealkylation sites (tertiary alicyclic amines) is 1. The monoisotopic (exact) mass is 376 g/mol. The van der Waals surface area contributed by atoms with Crippen molar-refractivity contribution in [3.05, 3.63) is 21.9 Å². The molecular formula is C20H32N4OS. The number of carbonyl (C=O) groups excluding carboxylic acids is 1. The Hall–Kier alpha value is -1.56. The first-order valence-corrected chi connectivity index (χ1v) is 10.9. The average molecular weight is 377 g/mol. The van der Waals surface area contributed by atoms with Crippen molar-refractivity contribution in [3.8, 4) is 0 Å². The molecular weight excluding hydrogens is 344 g/mol. The van der Waals surface area contributed by atoms with Crippen molar-refractivity contribution in [3.63, 3.8) is 0 Å². The topological polar surface area (TPSA) is 56.7 Å². The Labute approximate surface area is 161 Å². The van der Waals surface area contributed by atoms with Gasteiger partial charge in [0.15, 0.2) is 5.96 Å². The zero-order valence-electron chi connectivity index (χ0n) is 16.1. The number of nitrogens with zero attached hydrogens (tertiary/aromatic N) is 2. The maximum absolute atomic E-state index is 12.6. The smallest absolute Gasteiger partial charge is 0.225 e. The van der Waals surface area contributed by atoms with Crippen LogP contribution in [0.15, 0.2) is 17.1 Å². The van der Waals surface area contributed by atoms with Crippen molar-refractivity contribution < 1.29 is 4.79 Å². The van der Waals surface area contributed by atoms with Gasteiger partial charge < -0.3 is 15.5 Å². The van der Waals surface area contributed by atoms with Gasteiger partial charge in [0, 0.05) is 41.3 Å². The molecule has 3 rings (SSSR count). The molecule has 2 heterocycles. The fourth-order valence-corrected chi connectivity index (χ4v) is 4.76. The number of carbonyl (C=O) groups is 1. The van der Waals surface area contributed by atoms with Crippen LogP contribution in [-0.4, -0.2) is 42.4 Å². The summed E-state index contributed by atoms with van der Waals surface area (Å²) in [5.41, 5.74) is 0. The van der Waals surface area contributed by atoms with E-state index in [1.165, 1.54) is 22.6 Å². The van der Waals surface area contributed by atoms with Crippen LogP contribution >= 0.6 is 11.3 Å². The van der Waals surface area contributed by atoms with Crippen LogP contribution in [-0.2, 0) is 17.8 Å². The number of aryl methyl sites for hydroxylation is 1. The molecule has 26 heavy (non-hydrogen) atoms. The third-order valence-electron chi connectivity index (χ3n) is 5.35. The molecule has 1 aromatic rings. The molecule has 2 N–H and O–H groups in total. The Bertz CT molecular complexity index is 621. The summed E-state index contributed by atoms with van der Waals surface area (Å²) in [5.74, 6) is 1.51. The van der Waals surface area contributed by atoms with Crippen LogP contribution in [0.2, 0.25) is 0 Å². The van der Waals surface area contributed by atoms with Gasteiger partial charge in [-0.2, -0.15) is 0 Å². The van der Waals surface area contributed by atoms with E-state index in [0.29, 0.717) is 18.5 Å². The molecule has 1 saturated heterocycles. The first kappa shape index (κ1) is 19.2. The second-order valence-corrected chi connectivity index (χ2v) is 8.57. The largest absolute Gasteiger partial charge is 0.357 e. The van der Waals surface area contributed by atoms with E-state index >= 15 is 0 Å². The highest BCUT2D eigenvalue weighted by atomic mass is 32.1. The van der Waals surface area contributed by atoms with E-state index in [-0.39, 0.29) is 5.92 Å². The Morgan fingerprint density at radius 3 is 2.69 bits per heavy atom. The zero-order valence-corrected chi connectivity index (χ0v) is 16.9. The predicted molar refractivity (Wildman–Crippen MR) is 109 cm³/mol.